The quantitative estimate of drug-likeness (QED) is 0.0145. The second-order valence-corrected chi connectivity index (χ2v) is 35.8. The van der Waals surface area contributed by atoms with E-state index in [-0.39, 0.29) is 173 Å². The SMILES string of the molecule is CC(C)C[C@H](NC(=O)[C@H](CCCCN)NC(=O)[C@H](CCCNC(=N)N)NC(=O)[C@H](Cc1ccccc1)NC(=O)[C@H](Cc1ccccc1)NC(=O)[C@H](CCCCN)NC(=O)[C@H](CCCCN)NC(=O)[C@H](Cc1ccccc1)NC(=O)[C@H](CCCNC(=N)N)NC(=O)[C@H](CCCCN)NC(=O)[C@@H](N)C(C)C)C(=O)N[C@@H](CCCCN)C(=O)N[C@@H](CCCCN)C(=O)N[C@@H](CO)C(=O)N[C@H](C(N)=O)C(C)C. The second kappa shape index (κ2) is 68.0. The van der Waals surface area contributed by atoms with Crippen LogP contribution >= 0.6 is 0 Å². The van der Waals surface area contributed by atoms with Crippen molar-refractivity contribution in [2.45, 2.75) is 299 Å². The van der Waals surface area contributed by atoms with Crippen LogP contribution in [0.4, 0.5) is 0 Å². The van der Waals surface area contributed by atoms with Crippen molar-refractivity contribution in [2.75, 3.05) is 59.0 Å². The van der Waals surface area contributed by atoms with E-state index in [2.05, 4.69) is 85.1 Å². The number of nitrogens with two attached hydrogens (primary N) is 10. The molecule has 15 amide bonds. The van der Waals surface area contributed by atoms with Crippen molar-refractivity contribution in [1.82, 2.24) is 85.1 Å². The number of carbonyl (C=O) groups excluding carboxylic acids is 15. The van der Waals surface area contributed by atoms with Crippen molar-refractivity contribution in [1.29, 1.82) is 10.8 Å². The number of aliphatic hydroxyl groups is 1. The number of nitrogens with one attached hydrogen (secondary N) is 18. The van der Waals surface area contributed by atoms with Crippen molar-refractivity contribution < 1.29 is 77.0 Å². The summed E-state index contributed by atoms with van der Waals surface area (Å²) in [5, 5.41) is 69.6. The summed E-state index contributed by atoms with van der Waals surface area (Å²) in [6.07, 6.45) is 3.61. The summed E-state index contributed by atoms with van der Waals surface area (Å²) in [4.78, 5) is 218. The van der Waals surface area contributed by atoms with Gasteiger partial charge in [0.25, 0.3) is 0 Å². The first kappa shape index (κ1) is 120. The Morgan fingerprint density at radius 2 is 0.486 bits per heavy atom. The standard InChI is InChI=1S/C94H160N28O16/c1-57(2)52-71(87(133)113-63(36-16-22-44-95)79(125)111-67(40-20-26-48-99)86(132)121-75(56-123)91(137)122-77(59(5)6)78(102)124)117-83(129)65(38-18-24-46-97)110-82(128)69(42-28-50-107-93(103)104)115-89(135)73(54-61-32-12-8-13-33-61)120-90(136)74(55-62-34-14-9-15-35-62)119-84(130)66(39-19-25-47-98)109-80(126)64(37-17-23-45-96)114-88(134)72(53-60-30-10-7-11-31-60)118-85(131)70(43-29-51-108-94(105)106)112-81(127)68(41-21-27-49-100)116-92(138)76(101)58(3)4/h7-15,30-35,57-59,63-77,123H,16-29,36-56,95-101H2,1-6H3,(H2,102,124)(H,109,126)(H,110,128)(H,111,125)(H,112,127)(H,113,133)(H,114,134)(H,115,135)(H,116,138)(H,117,129)(H,118,131)(H,119,130)(H,120,136)(H,121,132)(H,122,137)(H4,103,104,107)(H4,105,106,108)/t63-,64-,65-,66-,67-,68-,69-,70-,71-,72-,73-,74-,75-,76-,77-/m0/s1. The fraction of sp³-hybridized carbons (Fsp3) is 0.628. The number of hydrogen-bond donors (Lipinski definition) is 29. The van der Waals surface area contributed by atoms with Gasteiger partial charge in [-0.15, -0.1) is 0 Å². The monoisotopic (exact) mass is 1940 g/mol. The van der Waals surface area contributed by atoms with Crippen molar-refractivity contribution in [2.24, 2.45) is 75.1 Å². The fourth-order valence-corrected chi connectivity index (χ4v) is 14.9. The molecule has 44 nitrogen and oxygen atoms in total. The lowest BCUT2D eigenvalue weighted by molar-refractivity contribution is -0.136. The van der Waals surface area contributed by atoms with Gasteiger partial charge in [0.2, 0.25) is 88.6 Å². The van der Waals surface area contributed by atoms with E-state index in [9.17, 15) is 43.5 Å². The lowest BCUT2D eigenvalue weighted by Gasteiger charge is -2.29. The summed E-state index contributed by atoms with van der Waals surface area (Å²) in [5.41, 5.74) is 60.1. The van der Waals surface area contributed by atoms with E-state index >= 15 is 33.6 Å². The van der Waals surface area contributed by atoms with Crippen LogP contribution in [-0.2, 0) is 91.2 Å². The molecule has 0 heterocycles. The lowest BCUT2D eigenvalue weighted by Crippen LogP contribution is -2.61. The highest BCUT2D eigenvalue weighted by atomic mass is 16.3. The van der Waals surface area contributed by atoms with Gasteiger partial charge in [-0.1, -0.05) is 133 Å². The molecule has 0 spiro atoms. The molecular formula is C94H160N28O16. The molecule has 0 fully saturated rings. The van der Waals surface area contributed by atoms with Gasteiger partial charge in [-0.25, -0.2) is 0 Å². The number of amides is 15. The first-order valence-corrected chi connectivity index (χ1v) is 48.2. The molecule has 15 atom stereocenters. The van der Waals surface area contributed by atoms with E-state index in [1.165, 1.54) is 0 Å². The predicted octanol–water partition coefficient (Wildman–Crippen LogP) is -4.03. The zero-order chi connectivity index (χ0) is 103. The fourth-order valence-electron chi connectivity index (χ4n) is 14.9. The third-order valence-electron chi connectivity index (χ3n) is 22.9. The Bertz CT molecular complexity index is 4240. The number of rotatable bonds is 72. The number of guanidine groups is 2. The summed E-state index contributed by atoms with van der Waals surface area (Å²) in [6.45, 7) is 10.8. The van der Waals surface area contributed by atoms with Crippen LogP contribution in [0, 0.1) is 28.6 Å². The predicted molar refractivity (Wildman–Crippen MR) is 527 cm³/mol. The van der Waals surface area contributed by atoms with Gasteiger partial charge >= 0.3 is 0 Å². The third kappa shape index (κ3) is 47.8. The summed E-state index contributed by atoms with van der Waals surface area (Å²) < 4.78 is 0. The summed E-state index contributed by atoms with van der Waals surface area (Å²) in [6, 6.07) is 5.05. The maximum Gasteiger partial charge on any atom is 0.245 e. The van der Waals surface area contributed by atoms with E-state index in [0.29, 0.717) is 81.0 Å². The summed E-state index contributed by atoms with van der Waals surface area (Å²) in [5.74, 6) is -14.4. The van der Waals surface area contributed by atoms with Crippen LogP contribution in [0.15, 0.2) is 91.0 Å². The molecule has 772 valence electrons. The average Bonchev–Trinajstić information content (AvgIpc) is 0.835. The molecule has 0 radical (unpaired) electrons. The van der Waals surface area contributed by atoms with Crippen LogP contribution in [0.25, 0.3) is 0 Å². The highest BCUT2D eigenvalue weighted by molar-refractivity contribution is 6.01. The molecule has 44 heteroatoms. The minimum atomic E-state index is -1.59. The van der Waals surface area contributed by atoms with Crippen LogP contribution in [0.3, 0.4) is 0 Å². The minimum absolute atomic E-state index is 0.0110. The Hall–Kier alpha value is -12.1. The number of hydrogen-bond acceptors (Lipinski definition) is 25. The average molecular weight is 1940 g/mol. The zero-order valence-corrected chi connectivity index (χ0v) is 81.1. The Balaban J connectivity index is 2.15. The summed E-state index contributed by atoms with van der Waals surface area (Å²) >= 11 is 0. The van der Waals surface area contributed by atoms with Crippen LogP contribution in [0.5, 0.6) is 0 Å². The molecule has 3 aromatic carbocycles. The molecule has 0 aliphatic carbocycles. The van der Waals surface area contributed by atoms with Gasteiger partial charge in [-0.2, -0.15) is 0 Å². The van der Waals surface area contributed by atoms with Gasteiger partial charge in [0.1, 0.15) is 84.6 Å². The Morgan fingerprint density at radius 3 is 0.703 bits per heavy atom. The van der Waals surface area contributed by atoms with Crippen LogP contribution in [0.1, 0.15) is 206 Å². The van der Waals surface area contributed by atoms with E-state index in [4.69, 9.17) is 68.2 Å². The van der Waals surface area contributed by atoms with Crippen molar-refractivity contribution in [3.8, 4) is 0 Å². The lowest BCUT2D eigenvalue weighted by atomic mass is 10.00. The highest BCUT2D eigenvalue weighted by Crippen LogP contribution is 2.18. The minimum Gasteiger partial charge on any atom is -0.394 e. The summed E-state index contributed by atoms with van der Waals surface area (Å²) in [7, 11) is 0. The molecule has 0 saturated carbocycles. The van der Waals surface area contributed by atoms with Gasteiger partial charge in [-0.3, -0.25) is 82.7 Å². The number of aliphatic hydroxyl groups excluding tert-OH is 1. The van der Waals surface area contributed by atoms with E-state index in [0.717, 1.165) is 0 Å². The molecule has 138 heavy (non-hydrogen) atoms. The zero-order valence-electron chi connectivity index (χ0n) is 81.1. The normalized spacial score (nSPS) is 14.5. The van der Waals surface area contributed by atoms with E-state index < -0.39 is 198 Å². The largest absolute Gasteiger partial charge is 0.394 e. The maximum atomic E-state index is 15.5. The first-order valence-electron chi connectivity index (χ1n) is 48.2. The molecule has 0 aliphatic rings. The van der Waals surface area contributed by atoms with E-state index in [1.807, 2.05) is 0 Å². The molecule has 0 saturated heterocycles. The van der Waals surface area contributed by atoms with E-state index in [1.54, 1.807) is 133 Å². The molecule has 3 aromatic rings. The topological polar surface area (TPSA) is 777 Å². The maximum absolute atomic E-state index is 15.5. The van der Waals surface area contributed by atoms with Crippen molar-refractivity contribution >= 4 is 101 Å². The van der Waals surface area contributed by atoms with Crippen molar-refractivity contribution in [3.05, 3.63) is 108 Å². The van der Waals surface area contributed by atoms with Crippen LogP contribution < -0.4 is 142 Å². The number of carbonyl (C=O) groups is 15. The van der Waals surface area contributed by atoms with Gasteiger partial charge in [0.05, 0.1) is 12.6 Å². The van der Waals surface area contributed by atoms with Crippen molar-refractivity contribution in [3.63, 3.8) is 0 Å². The molecule has 0 unspecified atom stereocenters. The molecule has 0 aromatic heterocycles. The van der Waals surface area contributed by atoms with Gasteiger partial charge in [0.15, 0.2) is 11.9 Å². The first-order chi connectivity index (χ1) is 65.8. The third-order valence-corrected chi connectivity index (χ3v) is 22.9. The molecular weight excluding hydrogens is 1780 g/mol. The molecule has 3 rings (SSSR count). The van der Waals surface area contributed by atoms with Gasteiger partial charge in [-0.05, 0) is 221 Å². The molecule has 0 aliphatic heterocycles. The Morgan fingerprint density at radius 1 is 0.275 bits per heavy atom. The Labute approximate surface area is 810 Å². The highest BCUT2D eigenvalue weighted by Gasteiger charge is 2.40. The van der Waals surface area contributed by atoms with Crippen LogP contribution in [-0.4, -0.2) is 255 Å². The Kier molecular flexibility index (Phi) is 59.2. The second-order valence-electron chi connectivity index (χ2n) is 35.8. The van der Waals surface area contributed by atoms with Gasteiger partial charge < -0.3 is 148 Å². The number of benzene rings is 3. The van der Waals surface area contributed by atoms with Crippen LogP contribution in [0.2, 0.25) is 0 Å². The smallest absolute Gasteiger partial charge is 0.245 e. The molecule has 0 bridgehead atoms. The number of unbranched alkanes of at least 4 members (excludes halogenated alkanes) is 6. The number of primary amides is 1. The van der Waals surface area contributed by atoms with Gasteiger partial charge in [0, 0.05) is 32.4 Å². The molecule has 39 N–H and O–H groups in total.